The lowest BCUT2D eigenvalue weighted by atomic mass is 10.1. The molecule has 0 aliphatic rings. The fourth-order valence-corrected chi connectivity index (χ4v) is 1.07. The predicted molar refractivity (Wildman–Crippen MR) is 55.9 cm³/mol. The number of esters is 1. The van der Waals surface area contributed by atoms with E-state index in [1.54, 1.807) is 20.8 Å². The Kier molecular flexibility index (Phi) is 3.16. The lowest BCUT2D eigenvalue weighted by molar-refractivity contribution is 0.00702. The van der Waals surface area contributed by atoms with Gasteiger partial charge in [-0.3, -0.25) is 0 Å². The fraction of sp³-hybridized carbons (Fsp3) is 0.364. The van der Waals surface area contributed by atoms with Crippen molar-refractivity contribution in [3.8, 4) is 0 Å². The Morgan fingerprint density at radius 3 is 2.25 bits per heavy atom. The SMILES string of the molecule is CC(C)(C)OC(=O)c1cc(F)c(F)cc1N. The summed E-state index contributed by atoms with van der Waals surface area (Å²) in [4.78, 5) is 11.6. The zero-order valence-corrected chi connectivity index (χ0v) is 9.30. The van der Waals surface area contributed by atoms with Crippen LogP contribution in [0.2, 0.25) is 0 Å². The number of carbonyl (C=O) groups excluding carboxylic acids is 1. The Hall–Kier alpha value is -1.65. The topological polar surface area (TPSA) is 52.3 Å². The third kappa shape index (κ3) is 2.92. The molecule has 0 amide bonds. The van der Waals surface area contributed by atoms with Crippen molar-refractivity contribution in [3.63, 3.8) is 0 Å². The molecule has 0 fully saturated rings. The normalized spacial score (nSPS) is 11.3. The van der Waals surface area contributed by atoms with E-state index in [4.69, 9.17) is 10.5 Å². The van der Waals surface area contributed by atoms with Crippen molar-refractivity contribution in [1.29, 1.82) is 0 Å². The minimum absolute atomic E-state index is 0.145. The molecule has 0 aromatic heterocycles. The summed E-state index contributed by atoms with van der Waals surface area (Å²) in [5.41, 5.74) is 4.37. The van der Waals surface area contributed by atoms with Crippen LogP contribution >= 0.6 is 0 Å². The van der Waals surface area contributed by atoms with Gasteiger partial charge in [-0.05, 0) is 26.8 Å². The van der Waals surface area contributed by atoms with Gasteiger partial charge in [0.05, 0.1) is 5.56 Å². The van der Waals surface area contributed by atoms with E-state index >= 15 is 0 Å². The average molecular weight is 229 g/mol. The largest absolute Gasteiger partial charge is 0.456 e. The Bertz CT molecular complexity index is 425. The Morgan fingerprint density at radius 2 is 1.75 bits per heavy atom. The second-order valence-electron chi connectivity index (χ2n) is 4.36. The molecule has 1 aromatic rings. The van der Waals surface area contributed by atoms with E-state index in [2.05, 4.69) is 0 Å². The summed E-state index contributed by atoms with van der Waals surface area (Å²) in [6, 6.07) is 1.49. The van der Waals surface area contributed by atoms with Crippen molar-refractivity contribution in [2.75, 3.05) is 5.73 Å². The maximum atomic E-state index is 12.9. The van der Waals surface area contributed by atoms with E-state index in [1.165, 1.54) is 0 Å². The quantitative estimate of drug-likeness (QED) is 0.594. The van der Waals surface area contributed by atoms with Crippen LogP contribution in [0.5, 0.6) is 0 Å². The van der Waals surface area contributed by atoms with Gasteiger partial charge in [0.15, 0.2) is 11.6 Å². The standard InChI is InChI=1S/C11H13F2NO2/c1-11(2,3)16-10(15)6-4-7(12)8(13)5-9(6)14/h4-5H,14H2,1-3H3. The minimum Gasteiger partial charge on any atom is -0.456 e. The van der Waals surface area contributed by atoms with E-state index < -0.39 is 23.2 Å². The van der Waals surface area contributed by atoms with E-state index in [0.29, 0.717) is 0 Å². The molecule has 1 aromatic carbocycles. The number of nitrogens with two attached hydrogens (primary N) is 1. The van der Waals surface area contributed by atoms with Crippen LogP contribution in [0.3, 0.4) is 0 Å². The van der Waals surface area contributed by atoms with E-state index in [0.717, 1.165) is 12.1 Å². The Morgan fingerprint density at radius 1 is 1.25 bits per heavy atom. The lowest BCUT2D eigenvalue weighted by Gasteiger charge is -2.20. The first kappa shape index (κ1) is 12.4. The molecule has 0 bridgehead atoms. The number of halogens is 2. The highest BCUT2D eigenvalue weighted by Gasteiger charge is 2.21. The van der Waals surface area contributed by atoms with Gasteiger partial charge in [0.1, 0.15) is 5.60 Å². The van der Waals surface area contributed by atoms with Crippen LogP contribution in [0.4, 0.5) is 14.5 Å². The lowest BCUT2D eigenvalue weighted by Crippen LogP contribution is -2.24. The molecule has 0 spiro atoms. The number of rotatable bonds is 1. The number of carbonyl (C=O) groups is 1. The molecule has 0 aliphatic heterocycles. The van der Waals surface area contributed by atoms with E-state index in [9.17, 15) is 13.6 Å². The molecule has 0 atom stereocenters. The van der Waals surface area contributed by atoms with Crippen molar-refractivity contribution >= 4 is 11.7 Å². The summed E-state index contributed by atoms with van der Waals surface area (Å²) in [5.74, 6) is -3.00. The van der Waals surface area contributed by atoms with Crippen LogP contribution in [0.15, 0.2) is 12.1 Å². The van der Waals surface area contributed by atoms with Crippen LogP contribution in [-0.4, -0.2) is 11.6 Å². The van der Waals surface area contributed by atoms with Crippen LogP contribution in [0.1, 0.15) is 31.1 Å². The average Bonchev–Trinajstić information content (AvgIpc) is 2.08. The number of anilines is 1. The van der Waals surface area contributed by atoms with Gasteiger partial charge >= 0.3 is 5.97 Å². The molecule has 16 heavy (non-hydrogen) atoms. The first-order chi connectivity index (χ1) is 7.20. The van der Waals surface area contributed by atoms with Gasteiger partial charge in [-0.25, -0.2) is 13.6 Å². The van der Waals surface area contributed by atoms with Crippen LogP contribution in [0, 0.1) is 11.6 Å². The second-order valence-corrected chi connectivity index (χ2v) is 4.36. The third-order valence-electron chi connectivity index (χ3n) is 1.71. The van der Waals surface area contributed by atoms with Crippen molar-refractivity contribution in [2.24, 2.45) is 0 Å². The van der Waals surface area contributed by atoms with Crippen molar-refractivity contribution in [2.45, 2.75) is 26.4 Å². The molecule has 0 radical (unpaired) electrons. The van der Waals surface area contributed by atoms with Crippen molar-refractivity contribution < 1.29 is 18.3 Å². The molecule has 0 aliphatic carbocycles. The van der Waals surface area contributed by atoms with Crippen LogP contribution < -0.4 is 5.73 Å². The molecule has 5 heteroatoms. The maximum absolute atomic E-state index is 12.9. The fourth-order valence-electron chi connectivity index (χ4n) is 1.07. The van der Waals surface area contributed by atoms with E-state index in [1.807, 2.05) is 0 Å². The molecule has 0 unspecified atom stereocenters. The molecule has 0 saturated carbocycles. The van der Waals surface area contributed by atoms with Gasteiger partial charge in [0.2, 0.25) is 0 Å². The summed E-state index contributed by atoms with van der Waals surface area (Å²) >= 11 is 0. The van der Waals surface area contributed by atoms with Gasteiger partial charge in [-0.2, -0.15) is 0 Å². The summed E-state index contributed by atoms with van der Waals surface area (Å²) in [6.45, 7) is 5.00. The summed E-state index contributed by atoms with van der Waals surface area (Å²) < 4.78 is 30.7. The summed E-state index contributed by atoms with van der Waals surface area (Å²) in [5, 5.41) is 0. The summed E-state index contributed by atoms with van der Waals surface area (Å²) in [7, 11) is 0. The zero-order chi connectivity index (χ0) is 12.5. The molecular weight excluding hydrogens is 216 g/mol. The zero-order valence-electron chi connectivity index (χ0n) is 9.30. The predicted octanol–water partition coefficient (Wildman–Crippen LogP) is 2.50. The van der Waals surface area contributed by atoms with E-state index in [-0.39, 0.29) is 11.3 Å². The monoisotopic (exact) mass is 229 g/mol. The van der Waals surface area contributed by atoms with Crippen molar-refractivity contribution in [3.05, 3.63) is 29.3 Å². The highest BCUT2D eigenvalue weighted by Crippen LogP contribution is 2.20. The number of hydrogen-bond donors (Lipinski definition) is 1. The first-order valence-corrected chi connectivity index (χ1v) is 4.68. The smallest absolute Gasteiger partial charge is 0.340 e. The number of ether oxygens (including phenoxy) is 1. The maximum Gasteiger partial charge on any atom is 0.340 e. The molecule has 2 N–H and O–H groups in total. The molecule has 0 heterocycles. The highest BCUT2D eigenvalue weighted by molar-refractivity contribution is 5.95. The second kappa shape index (κ2) is 4.08. The third-order valence-corrected chi connectivity index (χ3v) is 1.71. The van der Waals surface area contributed by atoms with Crippen LogP contribution in [-0.2, 0) is 4.74 Å². The van der Waals surface area contributed by atoms with Crippen molar-refractivity contribution in [1.82, 2.24) is 0 Å². The highest BCUT2D eigenvalue weighted by atomic mass is 19.2. The van der Waals surface area contributed by atoms with Gasteiger partial charge in [-0.15, -0.1) is 0 Å². The summed E-state index contributed by atoms with van der Waals surface area (Å²) in [6.07, 6.45) is 0. The van der Waals surface area contributed by atoms with Gasteiger partial charge in [0.25, 0.3) is 0 Å². The first-order valence-electron chi connectivity index (χ1n) is 4.68. The molecule has 0 saturated heterocycles. The molecule has 3 nitrogen and oxygen atoms in total. The number of benzene rings is 1. The van der Waals surface area contributed by atoms with Gasteiger partial charge in [-0.1, -0.05) is 0 Å². The van der Waals surface area contributed by atoms with Gasteiger partial charge in [0, 0.05) is 11.8 Å². The Balaban J connectivity index is 3.05. The van der Waals surface area contributed by atoms with Crippen LogP contribution in [0.25, 0.3) is 0 Å². The molecular formula is C11H13F2NO2. The number of nitrogen functional groups attached to an aromatic ring is 1. The van der Waals surface area contributed by atoms with Gasteiger partial charge < -0.3 is 10.5 Å². The number of hydrogen-bond acceptors (Lipinski definition) is 3. The minimum atomic E-state index is -1.13. The Labute approximate surface area is 92.2 Å². The molecule has 1 rings (SSSR count). The molecule has 88 valence electrons.